The highest BCUT2D eigenvalue weighted by Crippen LogP contribution is 2.54. The highest BCUT2D eigenvalue weighted by molar-refractivity contribution is 14.1. The molecule has 180 valence electrons. The van der Waals surface area contributed by atoms with E-state index in [0.717, 1.165) is 39.3 Å². The van der Waals surface area contributed by atoms with Crippen LogP contribution in [0.3, 0.4) is 0 Å². The fraction of sp³-hybridized carbons (Fsp3) is 0.444. The largest absolute Gasteiger partial charge is 0.371 e. The molecule has 34 heavy (non-hydrogen) atoms. The van der Waals surface area contributed by atoms with E-state index < -0.39 is 6.08 Å². The first-order valence-corrected chi connectivity index (χ1v) is 13.2. The highest BCUT2D eigenvalue weighted by atomic mass is 127. The third kappa shape index (κ3) is 5.09. The van der Waals surface area contributed by atoms with Gasteiger partial charge in [0.2, 0.25) is 0 Å². The molecule has 1 amide bonds. The molecule has 5 rings (SSSR count). The van der Waals surface area contributed by atoms with E-state index in [1.54, 1.807) is 0 Å². The lowest BCUT2D eigenvalue weighted by molar-refractivity contribution is 0.102. The average molecular weight is 577 g/mol. The van der Waals surface area contributed by atoms with Gasteiger partial charge < -0.3 is 15.1 Å². The van der Waals surface area contributed by atoms with Gasteiger partial charge in [0.05, 0.1) is 11.3 Å². The van der Waals surface area contributed by atoms with Crippen molar-refractivity contribution in [3.8, 4) is 0 Å². The van der Waals surface area contributed by atoms with Crippen LogP contribution < -0.4 is 15.1 Å². The molecule has 0 radical (unpaired) electrons. The van der Waals surface area contributed by atoms with Crippen LogP contribution in [0.4, 0.5) is 25.8 Å². The molecule has 1 spiro atoms. The number of benzene rings is 2. The van der Waals surface area contributed by atoms with Crippen molar-refractivity contribution in [3.05, 3.63) is 62.7 Å². The van der Waals surface area contributed by atoms with Crippen LogP contribution in [0.2, 0.25) is 0 Å². The smallest absolute Gasteiger partial charge is 0.269 e. The number of amides is 1. The molecule has 7 heteroatoms. The van der Waals surface area contributed by atoms with Gasteiger partial charge in [0.15, 0.2) is 0 Å². The summed E-state index contributed by atoms with van der Waals surface area (Å²) in [4.78, 5) is 17.9. The van der Waals surface area contributed by atoms with Gasteiger partial charge in [-0.1, -0.05) is 0 Å². The summed E-state index contributed by atoms with van der Waals surface area (Å²) in [5.41, 5.74) is 5.27. The fourth-order valence-electron chi connectivity index (χ4n) is 5.30. The van der Waals surface area contributed by atoms with Gasteiger partial charge in [0.25, 0.3) is 12.0 Å². The molecule has 1 saturated carbocycles. The number of carbonyl (C=O) groups excluding carboxylic acids is 1. The van der Waals surface area contributed by atoms with E-state index in [2.05, 4.69) is 43.8 Å². The van der Waals surface area contributed by atoms with Crippen LogP contribution in [0.25, 0.3) is 0 Å². The van der Waals surface area contributed by atoms with Crippen molar-refractivity contribution in [2.45, 2.75) is 45.4 Å². The second kappa shape index (κ2) is 9.47. The number of nitrogens with zero attached hydrogens (tertiary/aromatic N) is 2. The first kappa shape index (κ1) is 23.6. The van der Waals surface area contributed by atoms with Gasteiger partial charge in [0, 0.05) is 41.1 Å². The van der Waals surface area contributed by atoms with Gasteiger partial charge in [-0.3, -0.25) is 4.79 Å². The molecule has 0 aromatic heterocycles. The molecule has 2 aromatic rings. The first-order chi connectivity index (χ1) is 16.3. The zero-order chi connectivity index (χ0) is 23.9. The molecular formula is C27H30F2IN3O. The molecular weight excluding hydrogens is 547 g/mol. The normalized spacial score (nSPS) is 19.4. The Hall–Kier alpha value is -2.16. The molecule has 0 bridgehead atoms. The Morgan fingerprint density at radius 2 is 1.65 bits per heavy atom. The molecule has 0 unspecified atom stereocenters. The third-order valence-electron chi connectivity index (χ3n) is 7.65. The minimum Gasteiger partial charge on any atom is -0.371 e. The number of carbonyl (C=O) groups is 1. The zero-order valence-corrected chi connectivity index (χ0v) is 21.6. The summed E-state index contributed by atoms with van der Waals surface area (Å²) < 4.78 is 27.0. The minimum absolute atomic E-state index is 0.113. The SMILES string of the molecule is Cc1cc(NC(=O)c2ccc(I)cc2N2CCC3(CC2)CC3)cc(N2CCC(=C(F)F)CC2)c1. The van der Waals surface area contributed by atoms with Crippen molar-refractivity contribution in [3.63, 3.8) is 0 Å². The summed E-state index contributed by atoms with van der Waals surface area (Å²) >= 11 is 2.31. The Morgan fingerprint density at radius 1 is 0.941 bits per heavy atom. The maximum atomic E-state index is 13.4. The molecule has 3 fully saturated rings. The van der Waals surface area contributed by atoms with Crippen LogP contribution in [-0.4, -0.2) is 32.1 Å². The van der Waals surface area contributed by atoms with Crippen LogP contribution in [0, 0.1) is 15.9 Å². The van der Waals surface area contributed by atoms with Gasteiger partial charge in [-0.25, -0.2) is 0 Å². The lowest BCUT2D eigenvalue weighted by atomic mass is 9.93. The second-order valence-electron chi connectivity index (χ2n) is 10.0. The molecule has 2 saturated heterocycles. The predicted molar refractivity (Wildman–Crippen MR) is 142 cm³/mol. The number of hydrogen-bond donors (Lipinski definition) is 1. The molecule has 0 atom stereocenters. The predicted octanol–water partition coefficient (Wildman–Crippen LogP) is 6.98. The number of nitrogens with one attached hydrogen (secondary N) is 1. The summed E-state index contributed by atoms with van der Waals surface area (Å²) in [6.07, 6.45) is 4.34. The van der Waals surface area contributed by atoms with E-state index in [1.165, 1.54) is 25.7 Å². The molecule has 3 aliphatic rings. The number of anilines is 3. The molecule has 2 aliphatic heterocycles. The minimum atomic E-state index is -1.54. The Bertz CT molecular complexity index is 1120. The van der Waals surface area contributed by atoms with Crippen LogP contribution in [0.5, 0.6) is 0 Å². The van der Waals surface area contributed by atoms with Crippen molar-refractivity contribution >= 4 is 45.6 Å². The standard InChI is InChI=1S/C27H30F2IN3O/c1-18-14-21(17-22(15-18)32-10-4-19(5-11-32)25(28)29)31-26(34)23-3-2-20(30)16-24(23)33-12-8-27(6-7-27)9-13-33/h2-3,14-17H,4-13H2,1H3,(H,31,34). The van der Waals surface area contributed by atoms with Crippen LogP contribution in [0.1, 0.15) is 54.4 Å². The molecule has 2 heterocycles. The van der Waals surface area contributed by atoms with E-state index in [0.29, 0.717) is 36.9 Å². The fourth-order valence-corrected chi connectivity index (χ4v) is 5.77. The summed E-state index contributed by atoms with van der Waals surface area (Å²) in [7, 11) is 0. The Kier molecular flexibility index (Phi) is 6.57. The molecule has 2 aromatic carbocycles. The topological polar surface area (TPSA) is 35.6 Å². The van der Waals surface area contributed by atoms with Gasteiger partial charge >= 0.3 is 0 Å². The van der Waals surface area contributed by atoms with Crippen molar-refractivity contribution < 1.29 is 13.6 Å². The number of piperidine rings is 2. The maximum absolute atomic E-state index is 13.4. The van der Waals surface area contributed by atoms with Gasteiger partial charge in [-0.2, -0.15) is 8.78 Å². The van der Waals surface area contributed by atoms with Crippen LogP contribution in [0.15, 0.2) is 48.1 Å². The van der Waals surface area contributed by atoms with E-state index in [1.807, 2.05) is 37.3 Å². The Morgan fingerprint density at radius 3 is 2.29 bits per heavy atom. The van der Waals surface area contributed by atoms with E-state index in [-0.39, 0.29) is 11.5 Å². The zero-order valence-electron chi connectivity index (χ0n) is 19.5. The summed E-state index contributed by atoms with van der Waals surface area (Å²) in [6.45, 7) is 5.11. The van der Waals surface area contributed by atoms with Crippen molar-refractivity contribution in [1.29, 1.82) is 0 Å². The molecule has 1 aliphatic carbocycles. The van der Waals surface area contributed by atoms with Crippen LogP contribution in [-0.2, 0) is 0 Å². The van der Waals surface area contributed by atoms with E-state index in [9.17, 15) is 13.6 Å². The summed E-state index contributed by atoms with van der Waals surface area (Å²) in [5.74, 6) is -0.113. The lowest BCUT2D eigenvalue weighted by Gasteiger charge is -2.35. The molecule has 4 nitrogen and oxygen atoms in total. The maximum Gasteiger partial charge on any atom is 0.269 e. The number of hydrogen-bond acceptors (Lipinski definition) is 3. The second-order valence-corrected chi connectivity index (χ2v) is 11.3. The Labute approximate surface area is 213 Å². The third-order valence-corrected chi connectivity index (χ3v) is 8.32. The first-order valence-electron chi connectivity index (χ1n) is 12.1. The van der Waals surface area contributed by atoms with Gasteiger partial charge in [0.1, 0.15) is 0 Å². The van der Waals surface area contributed by atoms with Gasteiger partial charge in [-0.05, 0) is 121 Å². The van der Waals surface area contributed by atoms with E-state index in [4.69, 9.17) is 0 Å². The monoisotopic (exact) mass is 577 g/mol. The number of aryl methyl sites for hydroxylation is 1. The number of rotatable bonds is 4. The summed E-state index contributed by atoms with van der Waals surface area (Å²) in [6, 6.07) is 12.0. The quantitative estimate of drug-likeness (QED) is 0.399. The van der Waals surface area contributed by atoms with Crippen molar-refractivity contribution in [2.75, 3.05) is 41.3 Å². The van der Waals surface area contributed by atoms with Gasteiger partial charge in [-0.15, -0.1) is 0 Å². The Balaban J connectivity index is 1.33. The lowest BCUT2D eigenvalue weighted by Crippen LogP contribution is -2.35. The molecule has 1 N–H and O–H groups in total. The average Bonchev–Trinajstić information content (AvgIpc) is 3.57. The number of halogens is 3. The van der Waals surface area contributed by atoms with Crippen molar-refractivity contribution in [2.24, 2.45) is 5.41 Å². The van der Waals surface area contributed by atoms with Crippen LogP contribution >= 0.6 is 22.6 Å². The van der Waals surface area contributed by atoms with E-state index >= 15 is 0 Å². The van der Waals surface area contributed by atoms with Crippen molar-refractivity contribution in [1.82, 2.24) is 0 Å². The highest BCUT2D eigenvalue weighted by Gasteiger charge is 2.44. The summed E-state index contributed by atoms with van der Waals surface area (Å²) in [5, 5.41) is 3.11.